The van der Waals surface area contributed by atoms with Crippen molar-refractivity contribution in [3.63, 3.8) is 0 Å². The SMILES string of the molecule is C=C(C)c1cc(-c2csc3ccccc23)[nH]n1.[HH]. The van der Waals surface area contributed by atoms with Gasteiger partial charge < -0.3 is 0 Å². The topological polar surface area (TPSA) is 28.7 Å². The molecule has 0 unspecified atom stereocenters. The van der Waals surface area contributed by atoms with Gasteiger partial charge >= 0.3 is 0 Å². The maximum atomic E-state index is 4.26. The van der Waals surface area contributed by atoms with Crippen molar-refractivity contribution >= 4 is 27.0 Å². The molecule has 2 nitrogen and oxygen atoms in total. The average Bonchev–Trinajstić information content (AvgIpc) is 2.95. The van der Waals surface area contributed by atoms with Crippen LogP contribution in [0.1, 0.15) is 14.0 Å². The highest BCUT2D eigenvalue weighted by Gasteiger charge is 2.09. The smallest absolute Gasteiger partial charge is 0.0878 e. The van der Waals surface area contributed by atoms with Gasteiger partial charge in [0.05, 0.1) is 11.4 Å². The van der Waals surface area contributed by atoms with E-state index in [-0.39, 0.29) is 1.43 Å². The number of H-pyrrole nitrogens is 1. The van der Waals surface area contributed by atoms with Crippen LogP contribution in [0.4, 0.5) is 0 Å². The summed E-state index contributed by atoms with van der Waals surface area (Å²) in [4.78, 5) is 0. The fourth-order valence-electron chi connectivity index (χ4n) is 1.86. The molecule has 3 heteroatoms. The van der Waals surface area contributed by atoms with Crippen molar-refractivity contribution in [2.24, 2.45) is 0 Å². The number of fused-ring (bicyclic) bond motifs is 1. The standard InChI is InChI=1S/C14H12N2S.H2/c1-9(2)12-7-13(16-15-12)11-8-17-14-6-4-3-5-10(11)14;/h3-8H,1H2,2H3,(H,15,16);1H. The molecule has 0 atom stereocenters. The van der Waals surface area contributed by atoms with Crippen LogP contribution in [0, 0.1) is 0 Å². The molecule has 0 spiro atoms. The number of rotatable bonds is 2. The summed E-state index contributed by atoms with van der Waals surface area (Å²) in [6.45, 7) is 5.87. The number of benzene rings is 1. The predicted molar refractivity (Wildman–Crippen MR) is 76.2 cm³/mol. The van der Waals surface area contributed by atoms with E-state index in [4.69, 9.17) is 0 Å². The van der Waals surface area contributed by atoms with Crippen LogP contribution in [0.15, 0.2) is 42.3 Å². The zero-order chi connectivity index (χ0) is 11.8. The number of aromatic amines is 1. The van der Waals surface area contributed by atoms with E-state index in [1.165, 1.54) is 15.6 Å². The monoisotopic (exact) mass is 242 g/mol. The molecule has 0 amide bonds. The van der Waals surface area contributed by atoms with Crippen LogP contribution in [0.2, 0.25) is 0 Å². The first-order valence-corrected chi connectivity index (χ1v) is 6.31. The molecule has 2 aromatic heterocycles. The number of hydrogen-bond donors (Lipinski definition) is 1. The molecule has 0 bridgehead atoms. The van der Waals surface area contributed by atoms with Crippen molar-refractivity contribution < 1.29 is 1.43 Å². The Kier molecular flexibility index (Phi) is 2.34. The Morgan fingerprint density at radius 1 is 1.41 bits per heavy atom. The number of hydrogen-bond acceptors (Lipinski definition) is 2. The van der Waals surface area contributed by atoms with Gasteiger partial charge in [0.1, 0.15) is 0 Å². The molecule has 1 aromatic carbocycles. The zero-order valence-corrected chi connectivity index (χ0v) is 10.3. The maximum Gasteiger partial charge on any atom is 0.0878 e. The van der Waals surface area contributed by atoms with Crippen molar-refractivity contribution in [1.29, 1.82) is 0 Å². The summed E-state index contributed by atoms with van der Waals surface area (Å²) in [5.41, 5.74) is 4.17. The first kappa shape index (κ1) is 10.3. The van der Waals surface area contributed by atoms with Crippen molar-refractivity contribution in [1.82, 2.24) is 10.2 Å². The molecule has 0 saturated heterocycles. The quantitative estimate of drug-likeness (QED) is 0.700. The third-order valence-electron chi connectivity index (χ3n) is 2.79. The molecule has 1 N–H and O–H groups in total. The maximum absolute atomic E-state index is 4.26. The van der Waals surface area contributed by atoms with Crippen LogP contribution in [0.25, 0.3) is 26.9 Å². The molecule has 3 rings (SSSR count). The van der Waals surface area contributed by atoms with Crippen LogP contribution in [-0.2, 0) is 0 Å². The molecule has 0 fully saturated rings. The fourth-order valence-corrected chi connectivity index (χ4v) is 2.83. The molecule has 0 aliphatic rings. The van der Waals surface area contributed by atoms with Gasteiger partial charge in [0.15, 0.2) is 0 Å². The van der Waals surface area contributed by atoms with Crippen molar-refractivity contribution in [2.75, 3.05) is 0 Å². The molecule has 3 aromatic rings. The highest BCUT2D eigenvalue weighted by Crippen LogP contribution is 2.33. The van der Waals surface area contributed by atoms with Gasteiger partial charge in [-0.1, -0.05) is 24.8 Å². The fraction of sp³-hybridized carbons (Fsp3) is 0.0714. The van der Waals surface area contributed by atoms with E-state index >= 15 is 0 Å². The molecule has 17 heavy (non-hydrogen) atoms. The van der Waals surface area contributed by atoms with E-state index in [1.807, 2.05) is 6.92 Å². The van der Waals surface area contributed by atoms with E-state index in [1.54, 1.807) is 11.3 Å². The van der Waals surface area contributed by atoms with Crippen LogP contribution in [0.5, 0.6) is 0 Å². The van der Waals surface area contributed by atoms with E-state index in [9.17, 15) is 0 Å². The minimum absolute atomic E-state index is 0. The van der Waals surface area contributed by atoms with Gasteiger partial charge in [-0.25, -0.2) is 0 Å². The highest BCUT2D eigenvalue weighted by atomic mass is 32.1. The number of nitrogens with zero attached hydrogens (tertiary/aromatic N) is 1. The zero-order valence-electron chi connectivity index (χ0n) is 9.53. The normalized spacial score (nSPS) is 10.9. The van der Waals surface area contributed by atoms with Crippen LogP contribution < -0.4 is 0 Å². The van der Waals surface area contributed by atoms with E-state index < -0.39 is 0 Å². The summed E-state index contributed by atoms with van der Waals surface area (Å²) in [5.74, 6) is 0. The Labute approximate surface area is 105 Å². The van der Waals surface area contributed by atoms with Gasteiger partial charge in [-0.05, 0) is 24.6 Å². The molecular weight excluding hydrogens is 228 g/mol. The third-order valence-corrected chi connectivity index (χ3v) is 3.75. The summed E-state index contributed by atoms with van der Waals surface area (Å²) < 4.78 is 1.30. The summed E-state index contributed by atoms with van der Waals surface area (Å²) >= 11 is 1.76. The second kappa shape index (κ2) is 3.86. The van der Waals surface area contributed by atoms with E-state index in [0.717, 1.165) is 17.0 Å². The lowest BCUT2D eigenvalue weighted by Gasteiger charge is -1.94. The van der Waals surface area contributed by atoms with Gasteiger partial charge in [0.2, 0.25) is 0 Å². The Morgan fingerprint density at radius 3 is 3.00 bits per heavy atom. The van der Waals surface area contributed by atoms with Gasteiger partial charge in [0, 0.05) is 22.5 Å². The molecule has 0 radical (unpaired) electrons. The van der Waals surface area contributed by atoms with Crippen molar-refractivity contribution in [3.05, 3.63) is 48.0 Å². The van der Waals surface area contributed by atoms with Crippen LogP contribution in [0.3, 0.4) is 0 Å². The van der Waals surface area contributed by atoms with Crippen LogP contribution >= 0.6 is 11.3 Å². The summed E-state index contributed by atoms with van der Waals surface area (Å²) in [7, 11) is 0. The number of allylic oxidation sites excluding steroid dienone is 1. The van der Waals surface area contributed by atoms with Gasteiger partial charge in [-0.15, -0.1) is 11.3 Å². The lowest BCUT2D eigenvalue weighted by Crippen LogP contribution is -1.75. The number of thiophene rings is 1. The van der Waals surface area contributed by atoms with Crippen molar-refractivity contribution in [2.45, 2.75) is 6.92 Å². The Balaban J connectivity index is 0.00000120. The summed E-state index contributed by atoms with van der Waals surface area (Å²) in [6, 6.07) is 10.5. The molecule has 2 heterocycles. The minimum Gasteiger partial charge on any atom is -0.277 e. The first-order chi connectivity index (χ1) is 8.25. The number of nitrogens with one attached hydrogen (secondary N) is 1. The van der Waals surface area contributed by atoms with E-state index in [0.29, 0.717) is 0 Å². The Bertz CT molecular complexity index is 696. The molecule has 86 valence electrons. The first-order valence-electron chi connectivity index (χ1n) is 5.43. The minimum atomic E-state index is 0. The second-order valence-electron chi connectivity index (χ2n) is 4.09. The van der Waals surface area contributed by atoms with Crippen LogP contribution in [-0.4, -0.2) is 10.2 Å². The summed E-state index contributed by atoms with van der Waals surface area (Å²) in [6.07, 6.45) is 0. The highest BCUT2D eigenvalue weighted by molar-refractivity contribution is 7.17. The molecule has 0 aliphatic heterocycles. The third kappa shape index (κ3) is 1.68. The van der Waals surface area contributed by atoms with Crippen molar-refractivity contribution in [3.8, 4) is 11.3 Å². The lowest BCUT2D eigenvalue weighted by atomic mass is 10.1. The second-order valence-corrected chi connectivity index (χ2v) is 5.00. The largest absolute Gasteiger partial charge is 0.277 e. The van der Waals surface area contributed by atoms with Gasteiger partial charge in [-0.3, -0.25) is 5.10 Å². The molecule has 0 saturated carbocycles. The predicted octanol–water partition coefficient (Wildman–Crippen LogP) is 4.57. The average molecular weight is 242 g/mol. The summed E-state index contributed by atoms with van der Waals surface area (Å²) in [5, 5.41) is 10.8. The molecular formula is C14H14N2S. The lowest BCUT2D eigenvalue weighted by molar-refractivity contribution is 1.08. The van der Waals surface area contributed by atoms with E-state index in [2.05, 4.69) is 52.5 Å². The number of aromatic nitrogens is 2. The Morgan fingerprint density at radius 2 is 2.24 bits per heavy atom. The molecule has 0 aliphatic carbocycles. The van der Waals surface area contributed by atoms with Gasteiger partial charge in [0.25, 0.3) is 0 Å². The van der Waals surface area contributed by atoms with Gasteiger partial charge in [-0.2, -0.15) is 5.10 Å². The Hall–Kier alpha value is -1.87.